The van der Waals surface area contributed by atoms with E-state index in [0.717, 1.165) is 0 Å². The number of pyridine rings is 1. The summed E-state index contributed by atoms with van der Waals surface area (Å²) in [6.07, 6.45) is 1.56. The Kier molecular flexibility index (Phi) is 7.89. The third-order valence-electron chi connectivity index (χ3n) is 4.81. The van der Waals surface area contributed by atoms with Crippen molar-refractivity contribution in [2.75, 3.05) is 33.6 Å². The number of likely N-dealkylation sites (tertiary alicyclic amines) is 1. The molecule has 0 aromatic carbocycles. The highest BCUT2D eigenvalue weighted by Crippen LogP contribution is 2.38. The highest BCUT2D eigenvalue weighted by Gasteiger charge is 2.40. The van der Waals surface area contributed by atoms with E-state index in [1.54, 1.807) is 40.9 Å². The van der Waals surface area contributed by atoms with Crippen LogP contribution >= 0.6 is 0 Å². The molecule has 1 saturated heterocycles. The van der Waals surface area contributed by atoms with Gasteiger partial charge in [-0.05, 0) is 34.1 Å². The van der Waals surface area contributed by atoms with Gasteiger partial charge in [0.05, 0.1) is 12.5 Å². The largest absolute Gasteiger partial charge is 0.466 e. The second-order valence-electron chi connectivity index (χ2n) is 8.27. The standard InChI is InChI=1S/C21H32N2O7/c1-7-28-19(25)16-11-23(20(26)30-21(2,3)4)9-8-14(16)15-10-18(24)22(5)12-17(15)29-13-27-6/h10,12,14,16H,7-9,11,13H2,1-6H3/t14-,16+/m0/s1. The minimum atomic E-state index is -0.650. The number of nitrogens with zero attached hydrogens (tertiary/aromatic N) is 2. The van der Waals surface area contributed by atoms with E-state index in [4.69, 9.17) is 18.9 Å². The molecule has 30 heavy (non-hydrogen) atoms. The molecule has 168 valence electrons. The third kappa shape index (κ3) is 5.98. The first-order valence-electron chi connectivity index (χ1n) is 10.0. The van der Waals surface area contributed by atoms with Crippen molar-refractivity contribution in [2.45, 2.75) is 45.6 Å². The van der Waals surface area contributed by atoms with Crippen molar-refractivity contribution in [3.8, 4) is 5.75 Å². The van der Waals surface area contributed by atoms with Crippen molar-refractivity contribution in [2.24, 2.45) is 13.0 Å². The molecule has 0 aliphatic carbocycles. The second-order valence-corrected chi connectivity index (χ2v) is 8.27. The van der Waals surface area contributed by atoms with Crippen LogP contribution in [-0.2, 0) is 26.1 Å². The van der Waals surface area contributed by atoms with Crippen molar-refractivity contribution >= 4 is 12.1 Å². The van der Waals surface area contributed by atoms with Crippen LogP contribution in [-0.4, -0.2) is 60.7 Å². The topological polar surface area (TPSA) is 96.3 Å². The average molecular weight is 424 g/mol. The van der Waals surface area contributed by atoms with Crippen molar-refractivity contribution in [3.05, 3.63) is 28.2 Å². The summed E-state index contributed by atoms with van der Waals surface area (Å²) < 4.78 is 22.8. The molecule has 9 nitrogen and oxygen atoms in total. The molecule has 2 heterocycles. The van der Waals surface area contributed by atoms with E-state index in [9.17, 15) is 14.4 Å². The molecule has 0 unspecified atom stereocenters. The number of aryl methyl sites for hydroxylation is 1. The molecule has 1 fully saturated rings. The van der Waals surface area contributed by atoms with Gasteiger partial charge < -0.3 is 28.4 Å². The Hall–Kier alpha value is -2.55. The molecule has 0 radical (unpaired) electrons. The summed E-state index contributed by atoms with van der Waals surface area (Å²) in [4.78, 5) is 39.1. The fourth-order valence-corrected chi connectivity index (χ4v) is 3.46. The van der Waals surface area contributed by atoms with Crippen LogP contribution in [0, 0.1) is 5.92 Å². The summed E-state index contributed by atoms with van der Waals surface area (Å²) in [7, 11) is 3.13. The van der Waals surface area contributed by atoms with Gasteiger partial charge in [0.25, 0.3) is 5.56 Å². The Morgan fingerprint density at radius 2 is 1.97 bits per heavy atom. The first-order chi connectivity index (χ1) is 14.1. The lowest BCUT2D eigenvalue weighted by atomic mass is 9.80. The van der Waals surface area contributed by atoms with E-state index in [0.29, 0.717) is 24.3 Å². The van der Waals surface area contributed by atoms with Crippen LogP contribution in [0.15, 0.2) is 17.1 Å². The van der Waals surface area contributed by atoms with E-state index < -0.39 is 23.6 Å². The first-order valence-corrected chi connectivity index (χ1v) is 10.0. The molecule has 1 aromatic rings. The number of hydrogen-bond acceptors (Lipinski definition) is 7. The Balaban J connectivity index is 2.37. The van der Waals surface area contributed by atoms with Crippen LogP contribution in [0.3, 0.4) is 0 Å². The lowest BCUT2D eigenvalue weighted by Gasteiger charge is -2.38. The minimum absolute atomic E-state index is 0.00598. The maximum atomic E-state index is 12.8. The molecular formula is C21H32N2O7. The molecule has 0 N–H and O–H groups in total. The Morgan fingerprint density at radius 1 is 1.27 bits per heavy atom. The summed E-state index contributed by atoms with van der Waals surface area (Å²) in [6.45, 7) is 7.85. The van der Waals surface area contributed by atoms with Gasteiger partial charge in [0, 0.05) is 51.0 Å². The summed E-state index contributed by atoms with van der Waals surface area (Å²) >= 11 is 0. The van der Waals surface area contributed by atoms with Crippen molar-refractivity contribution in [1.82, 2.24) is 9.47 Å². The van der Waals surface area contributed by atoms with E-state index in [2.05, 4.69) is 0 Å². The van der Waals surface area contributed by atoms with Crippen LogP contribution in [0.4, 0.5) is 4.79 Å². The number of carbonyl (C=O) groups excluding carboxylic acids is 2. The van der Waals surface area contributed by atoms with Crippen molar-refractivity contribution in [1.29, 1.82) is 0 Å². The van der Waals surface area contributed by atoms with E-state index in [-0.39, 0.29) is 31.4 Å². The van der Waals surface area contributed by atoms with Gasteiger partial charge in [0.1, 0.15) is 11.4 Å². The normalized spacial score (nSPS) is 19.3. The van der Waals surface area contributed by atoms with E-state index in [1.165, 1.54) is 22.6 Å². The number of carbonyl (C=O) groups is 2. The van der Waals surface area contributed by atoms with Gasteiger partial charge >= 0.3 is 12.1 Å². The zero-order valence-corrected chi connectivity index (χ0v) is 18.6. The lowest BCUT2D eigenvalue weighted by Crippen LogP contribution is -2.48. The highest BCUT2D eigenvalue weighted by atomic mass is 16.7. The molecule has 1 aromatic heterocycles. The molecule has 0 spiro atoms. The Morgan fingerprint density at radius 3 is 2.57 bits per heavy atom. The summed E-state index contributed by atoms with van der Waals surface area (Å²) in [6, 6.07) is 1.48. The van der Waals surface area contributed by atoms with Gasteiger partial charge in [-0.3, -0.25) is 9.59 Å². The predicted octanol–water partition coefficient (Wildman–Crippen LogP) is 2.27. The fraction of sp³-hybridized carbons (Fsp3) is 0.667. The SMILES string of the molecule is CCOC(=O)[C@@H]1CN(C(=O)OC(C)(C)C)CC[C@H]1c1cc(=O)n(C)cc1OCOC. The number of methoxy groups -OCH3 is 1. The summed E-state index contributed by atoms with van der Waals surface area (Å²) in [5.74, 6) is -0.954. The number of esters is 1. The number of ether oxygens (including phenoxy) is 4. The van der Waals surface area contributed by atoms with Crippen LogP contribution in [0.1, 0.15) is 45.6 Å². The van der Waals surface area contributed by atoms with Gasteiger partial charge in [0.15, 0.2) is 6.79 Å². The fourth-order valence-electron chi connectivity index (χ4n) is 3.46. The maximum absolute atomic E-state index is 12.8. The molecular weight excluding hydrogens is 392 g/mol. The summed E-state index contributed by atoms with van der Waals surface area (Å²) in [5, 5.41) is 0. The average Bonchev–Trinajstić information content (AvgIpc) is 2.67. The minimum Gasteiger partial charge on any atom is -0.466 e. The van der Waals surface area contributed by atoms with E-state index in [1.807, 2.05) is 0 Å². The van der Waals surface area contributed by atoms with Crippen LogP contribution in [0.2, 0.25) is 0 Å². The van der Waals surface area contributed by atoms with Crippen molar-refractivity contribution in [3.63, 3.8) is 0 Å². The summed E-state index contributed by atoms with van der Waals surface area (Å²) in [5.41, 5.74) is -0.246. The van der Waals surface area contributed by atoms with Gasteiger partial charge in [-0.1, -0.05) is 0 Å². The number of aromatic nitrogens is 1. The predicted molar refractivity (Wildman–Crippen MR) is 109 cm³/mol. The first kappa shape index (κ1) is 23.7. The highest BCUT2D eigenvalue weighted by molar-refractivity contribution is 5.76. The number of piperidine rings is 1. The van der Waals surface area contributed by atoms with Crippen LogP contribution < -0.4 is 10.3 Å². The monoisotopic (exact) mass is 424 g/mol. The molecule has 2 rings (SSSR count). The quantitative estimate of drug-likeness (QED) is 0.510. The van der Waals surface area contributed by atoms with Crippen LogP contribution in [0.5, 0.6) is 5.75 Å². The zero-order valence-electron chi connectivity index (χ0n) is 18.6. The molecule has 1 aliphatic heterocycles. The molecule has 1 aliphatic rings. The second kappa shape index (κ2) is 9.97. The van der Waals surface area contributed by atoms with Gasteiger partial charge in [-0.15, -0.1) is 0 Å². The third-order valence-corrected chi connectivity index (χ3v) is 4.81. The number of rotatable bonds is 6. The van der Waals surface area contributed by atoms with E-state index >= 15 is 0 Å². The zero-order chi connectivity index (χ0) is 22.5. The molecule has 0 saturated carbocycles. The molecule has 2 atom stereocenters. The Bertz CT molecular complexity index is 813. The molecule has 9 heteroatoms. The van der Waals surface area contributed by atoms with Crippen molar-refractivity contribution < 1.29 is 28.5 Å². The maximum Gasteiger partial charge on any atom is 0.410 e. The van der Waals surface area contributed by atoms with Gasteiger partial charge in [-0.25, -0.2) is 4.79 Å². The lowest BCUT2D eigenvalue weighted by molar-refractivity contribution is -0.150. The number of amides is 1. The van der Waals surface area contributed by atoms with Gasteiger partial charge in [0.2, 0.25) is 0 Å². The van der Waals surface area contributed by atoms with Gasteiger partial charge in [-0.2, -0.15) is 0 Å². The number of hydrogen-bond donors (Lipinski definition) is 0. The van der Waals surface area contributed by atoms with Crippen LogP contribution in [0.25, 0.3) is 0 Å². The Labute approximate surface area is 176 Å². The smallest absolute Gasteiger partial charge is 0.410 e. The molecule has 1 amide bonds. The molecule has 0 bridgehead atoms.